The van der Waals surface area contributed by atoms with Gasteiger partial charge in [-0.1, -0.05) is 159 Å². The molecule has 0 aliphatic heterocycles. The molecule has 0 unspecified atom stereocenters. The second-order valence-electron chi connectivity index (χ2n) is 18.7. The molecule has 60 heavy (non-hydrogen) atoms. The highest BCUT2D eigenvalue weighted by Gasteiger charge is 2.37. The zero-order valence-corrected chi connectivity index (χ0v) is 40.2. The van der Waals surface area contributed by atoms with Crippen LogP contribution < -0.4 is 0 Å². The number of nitrogens with zero attached hydrogens (tertiary/aromatic N) is 5. The van der Waals surface area contributed by atoms with Crippen molar-refractivity contribution in [3.05, 3.63) is 142 Å². The summed E-state index contributed by atoms with van der Waals surface area (Å²) in [5.74, 6) is -0.107. The minimum atomic E-state index is -0.526. The lowest BCUT2D eigenvalue weighted by Gasteiger charge is -2.31. The lowest BCUT2D eigenvalue weighted by atomic mass is 9.71. The van der Waals surface area contributed by atoms with Crippen LogP contribution in [0.2, 0.25) is 30.1 Å². The fourth-order valence-electron chi connectivity index (χ4n) is 6.43. The molecule has 0 fully saturated rings. The number of carbonyl (C=O) groups is 2. The van der Waals surface area contributed by atoms with E-state index in [1.165, 1.54) is 24.3 Å². The van der Waals surface area contributed by atoms with E-state index in [1.807, 2.05) is 113 Å². The van der Waals surface area contributed by atoms with E-state index in [4.69, 9.17) is 84.8 Å². The van der Waals surface area contributed by atoms with Crippen molar-refractivity contribution >= 4 is 104 Å². The van der Waals surface area contributed by atoms with Crippen LogP contribution in [-0.2, 0) is 9.59 Å². The number of rotatable bonds is 6. The number of azo groups is 2. The summed E-state index contributed by atoms with van der Waals surface area (Å²) in [7, 11) is 0. The molecule has 0 saturated carbocycles. The van der Waals surface area contributed by atoms with Crippen molar-refractivity contribution in [2.24, 2.45) is 42.1 Å². The molecule has 3 aromatic rings. The minimum absolute atomic E-state index is 0.0535. The van der Waals surface area contributed by atoms with E-state index in [1.54, 1.807) is 12.1 Å². The molecule has 1 heterocycles. The number of benzene rings is 2. The summed E-state index contributed by atoms with van der Waals surface area (Å²) >= 11 is 38.8. The number of pyridine rings is 1. The topological polar surface area (TPSA) is 96.5 Å². The smallest absolute Gasteiger partial charge is 0.186 e. The van der Waals surface area contributed by atoms with Gasteiger partial charge in [0.15, 0.2) is 11.6 Å². The number of halogens is 6. The molecule has 0 amide bonds. The van der Waals surface area contributed by atoms with Crippen molar-refractivity contribution in [3.8, 4) is 0 Å². The third-order valence-corrected chi connectivity index (χ3v) is 11.2. The van der Waals surface area contributed by atoms with Gasteiger partial charge < -0.3 is 0 Å². The fraction of sp³-hybridized carbons (Fsp3) is 0.340. The average molecular weight is 927 g/mol. The SMILES string of the molecule is CC(C)(C)C1=CC(=C(N=Nc2c(Cl)cc(Cl)cc2Cl)c2cccc(C(N=Nc3c(Cl)cc(Cl)cc3Cl)=C3C=C(C(C)(C)C)C(=O)C(C(C)(C)C)=C3)n2)C=C(C(C)(C)C)C1=O. The lowest BCUT2D eigenvalue weighted by Crippen LogP contribution is -2.28. The first-order chi connectivity index (χ1) is 27.6. The highest BCUT2D eigenvalue weighted by Crippen LogP contribution is 2.45. The van der Waals surface area contributed by atoms with Crippen LogP contribution in [0.25, 0.3) is 11.4 Å². The summed E-state index contributed by atoms with van der Waals surface area (Å²) in [5, 5.41) is 20.1. The van der Waals surface area contributed by atoms with Crippen LogP contribution in [0.4, 0.5) is 11.4 Å². The number of carbonyl (C=O) groups excluding carboxylic acids is 2. The molecule has 2 aromatic carbocycles. The predicted molar refractivity (Wildman–Crippen MR) is 250 cm³/mol. The maximum Gasteiger partial charge on any atom is 0.186 e. The molecule has 0 saturated heterocycles. The van der Waals surface area contributed by atoms with Gasteiger partial charge in [-0.3, -0.25) is 9.59 Å². The van der Waals surface area contributed by atoms with Gasteiger partial charge in [-0.15, -0.1) is 20.5 Å². The second kappa shape index (κ2) is 17.6. The first-order valence-electron chi connectivity index (χ1n) is 19.1. The average Bonchev–Trinajstić information content (AvgIpc) is 3.09. The number of aromatic nitrogens is 1. The van der Waals surface area contributed by atoms with E-state index in [2.05, 4.69) is 10.2 Å². The van der Waals surface area contributed by atoms with Crippen LogP contribution in [0.15, 0.2) is 121 Å². The van der Waals surface area contributed by atoms with Crippen molar-refractivity contribution in [3.63, 3.8) is 0 Å². The lowest BCUT2D eigenvalue weighted by molar-refractivity contribution is -0.114. The van der Waals surface area contributed by atoms with Crippen LogP contribution in [0.1, 0.15) is 94.5 Å². The van der Waals surface area contributed by atoms with Gasteiger partial charge in [0.25, 0.3) is 0 Å². The van der Waals surface area contributed by atoms with Crippen molar-refractivity contribution in [1.29, 1.82) is 0 Å². The van der Waals surface area contributed by atoms with Crippen molar-refractivity contribution < 1.29 is 9.59 Å². The first kappa shape index (κ1) is 47.4. The quantitative estimate of drug-likeness (QED) is 0.230. The Kier molecular flexibility index (Phi) is 13.9. The normalized spacial score (nSPS) is 15.8. The molecule has 2 aliphatic rings. The highest BCUT2D eigenvalue weighted by molar-refractivity contribution is 6.42. The Morgan fingerprint density at radius 1 is 0.467 bits per heavy atom. The maximum absolute atomic E-state index is 14.0. The number of ketones is 2. The van der Waals surface area contributed by atoms with Crippen LogP contribution in [-0.4, -0.2) is 16.6 Å². The van der Waals surface area contributed by atoms with Gasteiger partial charge in [-0.2, -0.15) is 0 Å². The largest absolute Gasteiger partial charge is 0.289 e. The van der Waals surface area contributed by atoms with Crippen molar-refractivity contribution in [2.45, 2.75) is 83.1 Å². The third kappa shape index (κ3) is 10.7. The Morgan fingerprint density at radius 3 is 0.983 bits per heavy atom. The van der Waals surface area contributed by atoms with E-state index in [9.17, 15) is 9.59 Å². The van der Waals surface area contributed by atoms with Crippen LogP contribution in [0, 0.1) is 21.7 Å². The van der Waals surface area contributed by atoms with Gasteiger partial charge >= 0.3 is 0 Å². The van der Waals surface area contributed by atoms with Gasteiger partial charge in [0.05, 0.1) is 31.5 Å². The Bertz CT molecular complexity index is 2270. The Morgan fingerprint density at radius 2 is 0.733 bits per heavy atom. The van der Waals surface area contributed by atoms with Gasteiger partial charge in [0, 0.05) is 43.5 Å². The summed E-state index contributed by atoms with van der Waals surface area (Å²) in [6, 6.07) is 11.5. The number of allylic oxidation sites excluding steroid dienone is 10. The molecule has 7 nitrogen and oxygen atoms in total. The summed E-state index contributed by atoms with van der Waals surface area (Å²) in [6.45, 7) is 23.9. The Balaban J connectivity index is 1.91. The maximum atomic E-state index is 14.0. The van der Waals surface area contributed by atoms with Gasteiger partial charge in [-0.05, 0) is 82.4 Å². The first-order valence-corrected chi connectivity index (χ1v) is 21.4. The van der Waals surface area contributed by atoms with E-state index < -0.39 is 21.7 Å². The molecule has 0 radical (unpaired) electrons. The second-order valence-corrected chi connectivity index (χ2v) is 21.2. The Hall–Kier alpha value is -3.69. The van der Waals surface area contributed by atoms with E-state index in [0.717, 1.165) is 0 Å². The van der Waals surface area contributed by atoms with E-state index in [0.29, 0.717) is 66.3 Å². The fourth-order valence-corrected chi connectivity index (χ4v) is 8.22. The molecule has 5 rings (SSSR count). The van der Waals surface area contributed by atoms with Gasteiger partial charge in [0.1, 0.15) is 22.8 Å². The standard InChI is InChI=1S/C47H47Cl6N5O2/c1-44(2,3)28-16-24(17-29(42(28)59)45(4,5)6)38(55-57-40-32(50)20-26(48)21-33(40)51)36-14-13-15-37(54-36)39(56-58-41-34(52)22-27(49)23-35(41)53)25-18-30(46(7,8)9)43(60)31(19-25)47(10,11)12/h13-23H,1-12H3. The minimum Gasteiger partial charge on any atom is -0.289 e. The summed E-state index contributed by atoms with van der Waals surface area (Å²) < 4.78 is 0. The van der Waals surface area contributed by atoms with Crippen LogP contribution in [0.5, 0.6) is 0 Å². The van der Waals surface area contributed by atoms with E-state index >= 15 is 0 Å². The summed E-state index contributed by atoms with van der Waals surface area (Å²) in [4.78, 5) is 33.3. The van der Waals surface area contributed by atoms with Gasteiger partial charge in [-0.25, -0.2) is 4.98 Å². The molecule has 0 atom stereocenters. The number of hydrogen-bond donors (Lipinski definition) is 0. The van der Waals surface area contributed by atoms with Crippen molar-refractivity contribution in [2.75, 3.05) is 0 Å². The Labute approximate surface area is 383 Å². The van der Waals surface area contributed by atoms with Crippen LogP contribution >= 0.6 is 69.6 Å². The molecule has 1 aromatic heterocycles. The van der Waals surface area contributed by atoms with Gasteiger partial charge in [0.2, 0.25) is 0 Å². The summed E-state index contributed by atoms with van der Waals surface area (Å²) in [6.07, 6.45) is 7.33. The molecule has 314 valence electrons. The predicted octanol–water partition coefficient (Wildman–Crippen LogP) is 17.0. The number of Topliss-reactive ketones (excluding diaryl/α,β-unsaturated/α-hetero) is 2. The molecular formula is C47H47Cl6N5O2. The molecule has 0 bridgehead atoms. The third-order valence-electron chi connectivity index (χ3n) is 9.65. The zero-order chi connectivity index (χ0) is 44.9. The molecule has 0 N–H and O–H groups in total. The molecule has 13 heteroatoms. The zero-order valence-electron chi connectivity index (χ0n) is 35.7. The molecule has 2 aliphatic carbocycles. The highest BCUT2D eigenvalue weighted by atomic mass is 35.5. The monoisotopic (exact) mass is 923 g/mol. The molecular weight excluding hydrogens is 879 g/mol. The van der Waals surface area contributed by atoms with Crippen molar-refractivity contribution in [1.82, 2.24) is 4.98 Å². The molecule has 0 spiro atoms. The van der Waals surface area contributed by atoms with E-state index in [-0.39, 0.29) is 43.0 Å². The summed E-state index contributed by atoms with van der Waals surface area (Å²) in [5.41, 5.74) is 3.22. The number of hydrogen-bond acceptors (Lipinski definition) is 7. The van der Waals surface area contributed by atoms with Crippen LogP contribution in [0.3, 0.4) is 0 Å².